The van der Waals surface area contributed by atoms with Gasteiger partial charge in [0, 0.05) is 36.1 Å². The lowest BCUT2D eigenvalue weighted by molar-refractivity contribution is -0.159. The molecule has 0 aromatic rings. The highest BCUT2D eigenvalue weighted by atomic mass is 79.9. The molecule has 0 unspecified atom stereocenters. The second kappa shape index (κ2) is 11.8. The van der Waals surface area contributed by atoms with Crippen LogP contribution >= 0.6 is 15.9 Å². The summed E-state index contributed by atoms with van der Waals surface area (Å²) in [6.45, 7) is 12.5. The molecule has 10 nitrogen and oxygen atoms in total. The fraction of sp³-hybridized carbons (Fsp3) is 0.733. The molecule has 3 amide bonds. The number of cyclic esters (lactones) is 1. The lowest BCUT2D eigenvalue weighted by Gasteiger charge is -2.45. The van der Waals surface area contributed by atoms with Crippen molar-refractivity contribution in [2.24, 2.45) is 17.3 Å². The van der Waals surface area contributed by atoms with Crippen molar-refractivity contribution >= 4 is 39.6 Å². The zero-order valence-electron chi connectivity index (χ0n) is 24.9. The zero-order chi connectivity index (χ0) is 30.3. The lowest BCUT2D eigenvalue weighted by Crippen LogP contribution is -2.60. The molecule has 11 heteroatoms. The van der Waals surface area contributed by atoms with Crippen LogP contribution in [0.15, 0.2) is 22.7 Å². The Balaban J connectivity index is 1.83. The maximum Gasteiger partial charge on any atom is 0.313 e. The van der Waals surface area contributed by atoms with Gasteiger partial charge in [0.05, 0.1) is 12.5 Å². The first-order valence-corrected chi connectivity index (χ1v) is 15.3. The van der Waals surface area contributed by atoms with Crippen LogP contribution in [0.3, 0.4) is 0 Å². The van der Waals surface area contributed by atoms with E-state index >= 15 is 0 Å². The maximum absolute atomic E-state index is 14.8. The third-order valence-electron chi connectivity index (χ3n) is 8.35. The Hall–Kier alpha value is -2.24. The number of rotatable bonds is 5. The summed E-state index contributed by atoms with van der Waals surface area (Å²) in [5.74, 6) is -3.31. The number of esters is 1. The highest BCUT2D eigenvalue weighted by Gasteiger charge is 2.75. The van der Waals surface area contributed by atoms with Crippen molar-refractivity contribution in [1.29, 1.82) is 0 Å². The molecule has 2 fully saturated rings. The number of amides is 3. The maximum atomic E-state index is 14.8. The van der Waals surface area contributed by atoms with Gasteiger partial charge < -0.3 is 29.7 Å². The predicted molar refractivity (Wildman–Crippen MR) is 156 cm³/mol. The fourth-order valence-electron chi connectivity index (χ4n) is 7.10. The predicted octanol–water partition coefficient (Wildman–Crippen LogP) is 2.68. The van der Waals surface area contributed by atoms with Gasteiger partial charge in [-0.15, -0.1) is 0 Å². The van der Waals surface area contributed by atoms with Gasteiger partial charge in [-0.2, -0.15) is 0 Å². The summed E-state index contributed by atoms with van der Waals surface area (Å²) in [6.07, 6.45) is 5.91. The molecule has 0 aromatic carbocycles. The van der Waals surface area contributed by atoms with E-state index in [-0.39, 0.29) is 62.2 Å². The minimum Gasteiger partial charge on any atom is -0.460 e. The van der Waals surface area contributed by atoms with E-state index < -0.39 is 47.2 Å². The second-order valence-electron chi connectivity index (χ2n) is 13.5. The summed E-state index contributed by atoms with van der Waals surface area (Å²) in [7, 11) is 0. The van der Waals surface area contributed by atoms with Gasteiger partial charge in [0.1, 0.15) is 29.8 Å². The lowest BCUT2D eigenvalue weighted by atomic mass is 9.74. The minimum absolute atomic E-state index is 0.0984. The number of carbonyl (C=O) groups is 4. The molecular weight excluding hydrogens is 594 g/mol. The monoisotopic (exact) mass is 637 g/mol. The summed E-state index contributed by atoms with van der Waals surface area (Å²) in [6, 6.07) is -1.02. The molecule has 4 heterocycles. The number of likely N-dealkylation sites (tertiary alicyclic amines) is 1. The van der Waals surface area contributed by atoms with Crippen molar-refractivity contribution in [2.75, 3.05) is 26.2 Å². The smallest absolute Gasteiger partial charge is 0.313 e. The average Bonchev–Trinajstić information content (AvgIpc) is 3.44. The second-order valence-corrected chi connectivity index (χ2v) is 14.4. The molecule has 0 aliphatic carbocycles. The van der Waals surface area contributed by atoms with E-state index in [2.05, 4.69) is 42.0 Å². The largest absolute Gasteiger partial charge is 0.460 e. The molecular formula is C30H44BrN3O7. The third-order valence-corrected chi connectivity index (χ3v) is 9.03. The minimum atomic E-state index is -1.36. The summed E-state index contributed by atoms with van der Waals surface area (Å²) < 4.78 is 12.8. The van der Waals surface area contributed by atoms with Gasteiger partial charge in [0.25, 0.3) is 0 Å². The van der Waals surface area contributed by atoms with Crippen LogP contribution < -0.4 is 5.32 Å². The van der Waals surface area contributed by atoms with Crippen molar-refractivity contribution in [2.45, 2.75) is 96.6 Å². The van der Waals surface area contributed by atoms with Crippen LogP contribution in [0.1, 0.15) is 67.2 Å². The summed E-state index contributed by atoms with van der Waals surface area (Å²) in [4.78, 5) is 58.2. The number of halogens is 1. The molecule has 4 aliphatic heterocycles. The fourth-order valence-corrected chi connectivity index (χ4v) is 7.84. The van der Waals surface area contributed by atoms with Crippen LogP contribution in [-0.2, 0) is 28.7 Å². The van der Waals surface area contributed by atoms with Gasteiger partial charge in [-0.3, -0.25) is 19.2 Å². The van der Waals surface area contributed by atoms with Gasteiger partial charge in [-0.1, -0.05) is 48.9 Å². The molecule has 228 valence electrons. The van der Waals surface area contributed by atoms with E-state index in [0.29, 0.717) is 17.3 Å². The number of carbonyl (C=O) groups excluding carboxylic acids is 4. The van der Waals surface area contributed by atoms with Crippen LogP contribution in [0.5, 0.6) is 0 Å². The van der Waals surface area contributed by atoms with E-state index in [9.17, 15) is 24.3 Å². The van der Waals surface area contributed by atoms with Crippen molar-refractivity contribution in [3.63, 3.8) is 0 Å². The van der Waals surface area contributed by atoms with Crippen LogP contribution in [-0.4, -0.2) is 94.2 Å². The van der Waals surface area contributed by atoms with Gasteiger partial charge in [-0.25, -0.2) is 0 Å². The average molecular weight is 639 g/mol. The topological polar surface area (TPSA) is 125 Å². The van der Waals surface area contributed by atoms with Crippen LogP contribution in [0.25, 0.3) is 0 Å². The zero-order valence-corrected chi connectivity index (χ0v) is 26.5. The molecule has 5 bridgehead atoms. The van der Waals surface area contributed by atoms with E-state index in [4.69, 9.17) is 9.47 Å². The van der Waals surface area contributed by atoms with Crippen molar-refractivity contribution < 1.29 is 33.8 Å². The van der Waals surface area contributed by atoms with E-state index in [1.165, 1.54) is 4.90 Å². The number of hydrogen-bond donors (Lipinski definition) is 2. The number of hydrogen-bond acceptors (Lipinski definition) is 7. The quantitative estimate of drug-likeness (QED) is 0.351. The number of aliphatic hydroxyl groups is 1. The Morgan fingerprint density at radius 2 is 1.83 bits per heavy atom. The number of aliphatic hydroxyl groups excluding tert-OH is 1. The highest BCUT2D eigenvalue weighted by Crippen LogP contribution is 2.59. The van der Waals surface area contributed by atoms with Gasteiger partial charge in [-0.05, 0) is 51.5 Å². The molecule has 1 spiro atoms. The first kappa shape index (κ1) is 31.7. The number of nitrogens with zero attached hydrogens (tertiary/aromatic N) is 2. The van der Waals surface area contributed by atoms with Crippen LogP contribution in [0.4, 0.5) is 0 Å². The van der Waals surface area contributed by atoms with Crippen molar-refractivity contribution in [3.8, 4) is 0 Å². The molecule has 0 aromatic heterocycles. The van der Waals surface area contributed by atoms with E-state index in [1.54, 1.807) is 17.9 Å². The first-order chi connectivity index (χ1) is 19.1. The molecule has 6 atom stereocenters. The van der Waals surface area contributed by atoms with Gasteiger partial charge in [0.2, 0.25) is 17.7 Å². The van der Waals surface area contributed by atoms with Crippen LogP contribution in [0, 0.1) is 17.3 Å². The third kappa shape index (κ3) is 6.13. The number of nitrogens with one attached hydrogen (secondary N) is 1. The highest BCUT2D eigenvalue weighted by molar-refractivity contribution is 9.11. The Bertz CT molecular complexity index is 1130. The Labute approximate surface area is 251 Å². The molecule has 0 saturated carbocycles. The summed E-state index contributed by atoms with van der Waals surface area (Å²) >= 11 is 3.55. The van der Waals surface area contributed by atoms with Gasteiger partial charge >= 0.3 is 5.97 Å². The number of fused-ring (bicyclic) bond motifs is 2. The molecule has 41 heavy (non-hydrogen) atoms. The Morgan fingerprint density at radius 3 is 2.49 bits per heavy atom. The van der Waals surface area contributed by atoms with Crippen LogP contribution in [0.2, 0.25) is 0 Å². The summed E-state index contributed by atoms with van der Waals surface area (Å²) in [5.41, 5.74) is -2.06. The first-order valence-electron chi connectivity index (χ1n) is 14.5. The molecule has 2 N–H and O–H groups in total. The molecule has 4 rings (SSSR count). The van der Waals surface area contributed by atoms with E-state index in [1.807, 2.05) is 26.0 Å². The van der Waals surface area contributed by atoms with Crippen molar-refractivity contribution in [3.05, 3.63) is 22.7 Å². The van der Waals surface area contributed by atoms with E-state index in [0.717, 1.165) is 0 Å². The summed E-state index contributed by atoms with van der Waals surface area (Å²) in [5, 5.41) is 12.4. The standard InChI is InChI=1S/C30H44BrN3O7/c1-18-16-32-20(36)11-8-7-9-13-34(29(5,6)17-28(2,3)4)26(38)24-30-15-19(31)23(41-30)21(27(39)40-18)22(30)25(37)33(24)12-10-14-35/h7,9,15,18,21-24,35H,8,10-14,16-17H2,1-6H3,(H,32,36)/b9-7-/t18-,21+,22-,23+,24+,30-/m1/s1. The SMILES string of the molecule is C[C@@H]1CNC(=O)CC/C=C\CN(C(C)(C)CC(C)(C)C)C(=O)[C@@H]2N(CCCO)C(=O)[C@H]3[C@H](C(=O)O1)[C@H]1O[C@@]23C=C1Br. The number of ether oxygens (including phenoxy) is 2. The number of allylic oxidation sites excluding steroid dienone is 1. The molecule has 2 saturated heterocycles. The van der Waals surface area contributed by atoms with Crippen molar-refractivity contribution in [1.82, 2.24) is 15.1 Å². The Kier molecular flexibility index (Phi) is 9.12. The normalized spacial score (nSPS) is 34.0. The Morgan fingerprint density at radius 1 is 1.12 bits per heavy atom. The molecule has 4 aliphatic rings. The molecule has 0 radical (unpaired) electrons. The van der Waals surface area contributed by atoms with Gasteiger partial charge in [0.15, 0.2) is 0 Å².